The summed E-state index contributed by atoms with van der Waals surface area (Å²) in [5.41, 5.74) is 4.66. The van der Waals surface area contributed by atoms with Crippen LogP contribution >= 0.6 is 11.3 Å². The Balaban J connectivity index is 2.13. The Morgan fingerprint density at radius 3 is 2.75 bits per heavy atom. The molecule has 0 saturated carbocycles. The smallest absolute Gasteiger partial charge is 0.355 e. The van der Waals surface area contributed by atoms with Crippen LogP contribution in [0.2, 0.25) is 0 Å². The van der Waals surface area contributed by atoms with Crippen LogP contribution in [0.1, 0.15) is 39.1 Å². The van der Waals surface area contributed by atoms with Crippen molar-refractivity contribution in [2.24, 2.45) is 0 Å². The predicted octanol–water partition coefficient (Wildman–Crippen LogP) is 3.88. The van der Waals surface area contributed by atoms with Crippen molar-refractivity contribution in [3.63, 3.8) is 0 Å². The molecule has 0 spiro atoms. The van der Waals surface area contributed by atoms with Gasteiger partial charge >= 0.3 is 5.97 Å². The maximum Gasteiger partial charge on any atom is 0.355 e. The number of carbonyl (C=O) groups is 1. The first kappa shape index (κ1) is 18.0. The Labute approximate surface area is 146 Å². The zero-order chi connectivity index (χ0) is 17.7. The monoisotopic (exact) mass is 345 g/mol. The molecular formula is C18H23N3O2S. The van der Waals surface area contributed by atoms with Gasteiger partial charge in [0.05, 0.1) is 5.01 Å². The molecule has 6 heteroatoms. The summed E-state index contributed by atoms with van der Waals surface area (Å²) in [4.78, 5) is 17.2. The summed E-state index contributed by atoms with van der Waals surface area (Å²) in [5, 5.41) is 14.7. The van der Waals surface area contributed by atoms with Crippen molar-refractivity contribution in [1.82, 2.24) is 9.88 Å². The van der Waals surface area contributed by atoms with Crippen LogP contribution in [0.3, 0.4) is 0 Å². The van der Waals surface area contributed by atoms with Crippen molar-refractivity contribution >= 4 is 23.0 Å². The molecule has 2 N–H and O–H groups in total. The summed E-state index contributed by atoms with van der Waals surface area (Å²) in [6, 6.07) is 4.25. The topological polar surface area (TPSA) is 65.5 Å². The van der Waals surface area contributed by atoms with Gasteiger partial charge in [0.25, 0.3) is 0 Å². The van der Waals surface area contributed by atoms with Gasteiger partial charge in [-0.05, 0) is 43.5 Å². The number of anilines is 1. The van der Waals surface area contributed by atoms with Crippen LogP contribution < -0.4 is 5.32 Å². The van der Waals surface area contributed by atoms with Crippen LogP contribution in [0.25, 0.3) is 0 Å². The van der Waals surface area contributed by atoms with Gasteiger partial charge in [-0.1, -0.05) is 6.07 Å². The molecule has 24 heavy (non-hydrogen) atoms. The maximum atomic E-state index is 10.9. The van der Waals surface area contributed by atoms with E-state index in [1.807, 2.05) is 19.4 Å². The fourth-order valence-electron chi connectivity index (χ4n) is 2.23. The van der Waals surface area contributed by atoms with E-state index in [9.17, 15) is 4.79 Å². The van der Waals surface area contributed by atoms with Crippen LogP contribution in [-0.2, 0) is 6.42 Å². The van der Waals surface area contributed by atoms with Crippen molar-refractivity contribution in [1.29, 1.82) is 0 Å². The van der Waals surface area contributed by atoms with E-state index >= 15 is 0 Å². The van der Waals surface area contributed by atoms with Gasteiger partial charge in [0.2, 0.25) is 0 Å². The molecular weight excluding hydrogens is 322 g/mol. The Morgan fingerprint density at radius 1 is 1.38 bits per heavy atom. The lowest BCUT2D eigenvalue weighted by atomic mass is 10.0. The standard InChI is InChI=1S/C18H23N3O2S/c1-5-21(4)7-6-19-15-9-12(2)14(8-13(15)3)10-17-20-16(11-24-17)18(22)23/h6-9,11,19H,5,10H2,1-4H3,(H,22,23)/b7-6+. The zero-order valence-corrected chi connectivity index (χ0v) is 15.3. The summed E-state index contributed by atoms with van der Waals surface area (Å²) in [6.07, 6.45) is 4.59. The highest BCUT2D eigenvalue weighted by molar-refractivity contribution is 7.09. The summed E-state index contributed by atoms with van der Waals surface area (Å²) in [5.74, 6) is -0.978. The van der Waals surface area contributed by atoms with E-state index in [0.717, 1.165) is 28.4 Å². The summed E-state index contributed by atoms with van der Waals surface area (Å²) < 4.78 is 0. The van der Waals surface area contributed by atoms with Crippen LogP contribution in [0.15, 0.2) is 29.9 Å². The van der Waals surface area contributed by atoms with Gasteiger partial charge in [-0.25, -0.2) is 9.78 Å². The number of aromatic carboxylic acids is 1. The molecule has 0 aliphatic heterocycles. The number of carboxylic acid groups (broad SMARTS) is 1. The third-order valence-electron chi connectivity index (χ3n) is 3.86. The number of aryl methyl sites for hydroxylation is 2. The molecule has 0 saturated heterocycles. The minimum Gasteiger partial charge on any atom is -0.476 e. The summed E-state index contributed by atoms with van der Waals surface area (Å²) >= 11 is 1.39. The van der Waals surface area contributed by atoms with E-state index in [1.165, 1.54) is 16.9 Å². The van der Waals surface area contributed by atoms with Crippen LogP contribution in [0.4, 0.5) is 5.69 Å². The third kappa shape index (κ3) is 4.58. The van der Waals surface area contributed by atoms with Gasteiger partial charge in [0.1, 0.15) is 0 Å². The van der Waals surface area contributed by atoms with Gasteiger partial charge in [0, 0.05) is 43.5 Å². The second kappa shape index (κ2) is 7.97. The molecule has 0 fully saturated rings. The van der Waals surface area contributed by atoms with Crippen molar-refractivity contribution in [3.8, 4) is 0 Å². The maximum absolute atomic E-state index is 10.9. The van der Waals surface area contributed by atoms with Gasteiger partial charge in [-0.2, -0.15) is 0 Å². The SMILES string of the molecule is CCN(C)/C=C/Nc1cc(C)c(Cc2nc(C(=O)O)cs2)cc1C. The first-order valence-electron chi connectivity index (χ1n) is 7.82. The second-order valence-electron chi connectivity index (χ2n) is 5.74. The summed E-state index contributed by atoms with van der Waals surface area (Å²) in [7, 11) is 2.03. The van der Waals surface area contributed by atoms with Crippen LogP contribution in [0.5, 0.6) is 0 Å². The average Bonchev–Trinajstić information content (AvgIpc) is 3.00. The molecule has 0 atom stereocenters. The zero-order valence-electron chi connectivity index (χ0n) is 14.5. The lowest BCUT2D eigenvalue weighted by Crippen LogP contribution is -2.09. The molecule has 0 radical (unpaired) electrons. The molecule has 2 rings (SSSR count). The molecule has 1 heterocycles. The van der Waals surface area contributed by atoms with Crippen molar-refractivity contribution in [2.45, 2.75) is 27.2 Å². The van der Waals surface area contributed by atoms with E-state index in [-0.39, 0.29) is 5.69 Å². The number of hydrogen-bond donors (Lipinski definition) is 2. The van der Waals surface area contributed by atoms with Gasteiger partial charge in [0.15, 0.2) is 5.69 Å². The molecule has 1 aromatic heterocycles. The normalized spacial score (nSPS) is 11.0. The van der Waals surface area contributed by atoms with Crippen molar-refractivity contribution in [3.05, 3.63) is 57.3 Å². The average molecular weight is 345 g/mol. The van der Waals surface area contributed by atoms with Crippen molar-refractivity contribution < 1.29 is 9.90 Å². The minimum absolute atomic E-state index is 0.118. The molecule has 128 valence electrons. The van der Waals surface area contributed by atoms with E-state index < -0.39 is 5.97 Å². The number of benzene rings is 1. The molecule has 1 aromatic carbocycles. The number of hydrogen-bond acceptors (Lipinski definition) is 5. The molecule has 0 aliphatic carbocycles. The molecule has 2 aromatic rings. The number of rotatable bonds is 7. The first-order valence-corrected chi connectivity index (χ1v) is 8.70. The Hall–Kier alpha value is -2.34. The Bertz CT molecular complexity index is 753. The number of nitrogens with zero attached hydrogens (tertiary/aromatic N) is 2. The molecule has 0 unspecified atom stereocenters. The minimum atomic E-state index is -0.978. The molecule has 0 bridgehead atoms. The van der Waals surface area contributed by atoms with Crippen LogP contribution in [0, 0.1) is 13.8 Å². The third-order valence-corrected chi connectivity index (χ3v) is 4.71. The molecule has 5 nitrogen and oxygen atoms in total. The lowest BCUT2D eigenvalue weighted by Gasteiger charge is -2.13. The highest BCUT2D eigenvalue weighted by atomic mass is 32.1. The lowest BCUT2D eigenvalue weighted by molar-refractivity contribution is 0.0691. The fourth-order valence-corrected chi connectivity index (χ4v) is 3.03. The van der Waals surface area contributed by atoms with Gasteiger partial charge in [-0.3, -0.25) is 0 Å². The first-order chi connectivity index (χ1) is 11.4. The van der Waals surface area contributed by atoms with Crippen LogP contribution in [-0.4, -0.2) is 34.6 Å². The predicted molar refractivity (Wildman–Crippen MR) is 98.9 cm³/mol. The molecule has 0 aliphatic rings. The highest BCUT2D eigenvalue weighted by Gasteiger charge is 2.11. The second-order valence-corrected chi connectivity index (χ2v) is 6.68. The highest BCUT2D eigenvalue weighted by Crippen LogP contribution is 2.24. The number of carboxylic acids is 1. The van der Waals surface area contributed by atoms with Gasteiger partial charge in [-0.15, -0.1) is 11.3 Å². The van der Waals surface area contributed by atoms with Gasteiger partial charge < -0.3 is 15.3 Å². The number of nitrogens with one attached hydrogen (secondary N) is 1. The van der Waals surface area contributed by atoms with E-state index in [2.05, 4.69) is 48.1 Å². The Kier molecular flexibility index (Phi) is 5.98. The fraction of sp³-hybridized carbons (Fsp3) is 0.333. The largest absolute Gasteiger partial charge is 0.476 e. The van der Waals surface area contributed by atoms with E-state index in [4.69, 9.17) is 5.11 Å². The van der Waals surface area contributed by atoms with E-state index in [1.54, 1.807) is 5.38 Å². The Morgan fingerprint density at radius 2 is 2.12 bits per heavy atom. The summed E-state index contributed by atoms with van der Waals surface area (Å²) in [6.45, 7) is 7.19. The number of thiazole rings is 1. The quantitative estimate of drug-likeness (QED) is 0.797. The molecule has 0 amide bonds. The number of aromatic nitrogens is 1. The van der Waals surface area contributed by atoms with Crippen molar-refractivity contribution in [2.75, 3.05) is 18.9 Å². The van der Waals surface area contributed by atoms with E-state index in [0.29, 0.717) is 6.42 Å².